The molecule has 6 nitrogen and oxygen atoms in total. The summed E-state index contributed by atoms with van der Waals surface area (Å²) in [6.07, 6.45) is -0.0966. The summed E-state index contributed by atoms with van der Waals surface area (Å²) in [5.74, 6) is 0.349. The molecule has 0 aliphatic carbocycles. The third-order valence-electron chi connectivity index (χ3n) is 2.80. The molecular weight excluding hydrogens is 248 g/mol. The third kappa shape index (κ3) is 3.84. The molecule has 104 valence electrons. The first kappa shape index (κ1) is 13.6. The molecule has 0 bridgehead atoms. The molecule has 1 atom stereocenters. The normalized spacial score (nSPS) is 18.9. The van der Waals surface area contributed by atoms with Gasteiger partial charge in [-0.1, -0.05) is 0 Å². The lowest BCUT2D eigenvalue weighted by Gasteiger charge is -2.23. The highest BCUT2D eigenvalue weighted by atomic mass is 16.6. The second-order valence-corrected chi connectivity index (χ2v) is 4.27. The van der Waals surface area contributed by atoms with Crippen LogP contribution in [0.4, 0.5) is 5.69 Å². The molecule has 0 saturated carbocycles. The van der Waals surface area contributed by atoms with Crippen LogP contribution in [0.2, 0.25) is 0 Å². The van der Waals surface area contributed by atoms with Gasteiger partial charge in [0.25, 0.3) is 5.91 Å². The maximum atomic E-state index is 12.0. The van der Waals surface area contributed by atoms with Crippen LogP contribution < -0.4 is 15.8 Å². The Morgan fingerprint density at radius 1 is 1.47 bits per heavy atom. The minimum atomic E-state index is -0.209. The summed E-state index contributed by atoms with van der Waals surface area (Å²) in [6, 6.07) is 4.91. The van der Waals surface area contributed by atoms with Gasteiger partial charge in [0.2, 0.25) is 0 Å². The van der Waals surface area contributed by atoms with Crippen molar-refractivity contribution in [2.24, 2.45) is 0 Å². The van der Waals surface area contributed by atoms with Gasteiger partial charge in [-0.15, -0.1) is 0 Å². The van der Waals surface area contributed by atoms with E-state index in [4.69, 9.17) is 19.9 Å². The number of methoxy groups -OCH3 is 1. The summed E-state index contributed by atoms with van der Waals surface area (Å²) in [5.41, 5.74) is 6.66. The van der Waals surface area contributed by atoms with Crippen LogP contribution in [0.3, 0.4) is 0 Å². The zero-order valence-corrected chi connectivity index (χ0v) is 10.8. The van der Waals surface area contributed by atoms with E-state index in [0.29, 0.717) is 43.4 Å². The molecule has 1 heterocycles. The number of ether oxygens (including phenoxy) is 3. The van der Waals surface area contributed by atoms with Crippen LogP contribution in [0.25, 0.3) is 0 Å². The first-order chi connectivity index (χ1) is 9.19. The van der Waals surface area contributed by atoms with Crippen molar-refractivity contribution < 1.29 is 19.0 Å². The van der Waals surface area contributed by atoms with E-state index >= 15 is 0 Å². The number of hydrogen-bond acceptors (Lipinski definition) is 5. The molecule has 3 N–H and O–H groups in total. The van der Waals surface area contributed by atoms with Gasteiger partial charge in [-0.25, -0.2) is 0 Å². The number of benzene rings is 1. The Bertz CT molecular complexity index is 444. The molecule has 1 saturated heterocycles. The van der Waals surface area contributed by atoms with Gasteiger partial charge in [0.05, 0.1) is 33.0 Å². The monoisotopic (exact) mass is 266 g/mol. The molecule has 1 aliphatic heterocycles. The van der Waals surface area contributed by atoms with Gasteiger partial charge in [0.15, 0.2) is 0 Å². The van der Waals surface area contributed by atoms with Gasteiger partial charge in [-0.3, -0.25) is 4.79 Å². The molecule has 2 rings (SSSR count). The number of amides is 1. The van der Waals surface area contributed by atoms with E-state index in [2.05, 4.69) is 5.32 Å². The Hall–Kier alpha value is -1.79. The van der Waals surface area contributed by atoms with Crippen LogP contribution in [0, 0.1) is 0 Å². The van der Waals surface area contributed by atoms with Gasteiger partial charge in [-0.2, -0.15) is 0 Å². The fourth-order valence-electron chi connectivity index (χ4n) is 1.83. The lowest BCUT2D eigenvalue weighted by molar-refractivity contribution is -0.0855. The highest BCUT2D eigenvalue weighted by Gasteiger charge is 2.16. The van der Waals surface area contributed by atoms with Gasteiger partial charge < -0.3 is 25.3 Å². The lowest BCUT2D eigenvalue weighted by Crippen LogP contribution is -2.39. The smallest absolute Gasteiger partial charge is 0.251 e. The minimum Gasteiger partial charge on any atom is -0.497 e. The summed E-state index contributed by atoms with van der Waals surface area (Å²) in [7, 11) is 1.53. The highest BCUT2D eigenvalue weighted by molar-refractivity contribution is 5.95. The van der Waals surface area contributed by atoms with Crippen molar-refractivity contribution in [3.05, 3.63) is 23.8 Å². The largest absolute Gasteiger partial charge is 0.497 e. The van der Waals surface area contributed by atoms with Gasteiger partial charge in [-0.05, 0) is 12.1 Å². The van der Waals surface area contributed by atoms with Crippen LogP contribution in [0.1, 0.15) is 10.4 Å². The summed E-state index contributed by atoms with van der Waals surface area (Å²) in [6.45, 7) is 2.08. The molecule has 1 amide bonds. The molecular formula is C13H18N2O4. The van der Waals surface area contributed by atoms with Gasteiger partial charge in [0, 0.05) is 23.9 Å². The average molecular weight is 266 g/mol. The molecule has 1 unspecified atom stereocenters. The second-order valence-electron chi connectivity index (χ2n) is 4.27. The van der Waals surface area contributed by atoms with E-state index < -0.39 is 0 Å². The number of anilines is 1. The number of carbonyl (C=O) groups excluding carboxylic acids is 1. The van der Waals surface area contributed by atoms with Crippen LogP contribution in [0.5, 0.6) is 5.75 Å². The van der Waals surface area contributed by atoms with E-state index in [1.165, 1.54) is 7.11 Å². The highest BCUT2D eigenvalue weighted by Crippen LogP contribution is 2.18. The number of nitrogens with one attached hydrogen (secondary N) is 1. The minimum absolute atomic E-state index is 0.0966. The Kier molecular flexibility index (Phi) is 4.59. The topological polar surface area (TPSA) is 82.8 Å². The fraction of sp³-hybridized carbons (Fsp3) is 0.462. The lowest BCUT2D eigenvalue weighted by atomic mass is 10.1. The van der Waals surface area contributed by atoms with Crippen LogP contribution in [-0.4, -0.2) is 45.5 Å². The summed E-state index contributed by atoms with van der Waals surface area (Å²) in [5, 5.41) is 2.79. The third-order valence-corrected chi connectivity index (χ3v) is 2.80. The van der Waals surface area contributed by atoms with E-state index in [0.717, 1.165) is 0 Å². The zero-order chi connectivity index (χ0) is 13.7. The Labute approximate surface area is 111 Å². The van der Waals surface area contributed by atoms with Crippen molar-refractivity contribution in [3.8, 4) is 5.75 Å². The average Bonchev–Trinajstić information content (AvgIpc) is 2.45. The zero-order valence-electron chi connectivity index (χ0n) is 10.8. The van der Waals surface area contributed by atoms with Crippen molar-refractivity contribution in [2.45, 2.75) is 6.10 Å². The predicted molar refractivity (Wildman–Crippen MR) is 70.3 cm³/mol. The predicted octanol–water partition coefficient (Wildman–Crippen LogP) is 0.423. The van der Waals surface area contributed by atoms with E-state index in [1.807, 2.05) is 0 Å². The van der Waals surface area contributed by atoms with E-state index in [9.17, 15) is 4.79 Å². The van der Waals surface area contributed by atoms with Crippen molar-refractivity contribution >= 4 is 11.6 Å². The fourth-order valence-corrected chi connectivity index (χ4v) is 1.83. The van der Waals surface area contributed by atoms with Crippen molar-refractivity contribution in [1.29, 1.82) is 0 Å². The number of hydrogen-bond donors (Lipinski definition) is 2. The Morgan fingerprint density at radius 3 is 3.00 bits per heavy atom. The van der Waals surface area contributed by atoms with Crippen molar-refractivity contribution in [3.63, 3.8) is 0 Å². The molecule has 1 fully saturated rings. The van der Waals surface area contributed by atoms with Gasteiger partial charge >= 0.3 is 0 Å². The van der Waals surface area contributed by atoms with E-state index in [-0.39, 0.29) is 12.0 Å². The maximum absolute atomic E-state index is 12.0. The van der Waals surface area contributed by atoms with Gasteiger partial charge in [0.1, 0.15) is 5.75 Å². The number of nitrogen functional groups attached to an aromatic ring is 1. The second kappa shape index (κ2) is 6.40. The number of carbonyl (C=O) groups is 1. The summed E-state index contributed by atoms with van der Waals surface area (Å²) in [4.78, 5) is 12.0. The molecule has 0 spiro atoms. The molecule has 0 aromatic heterocycles. The molecule has 0 radical (unpaired) electrons. The molecule has 6 heteroatoms. The SMILES string of the molecule is COc1cc(N)cc(C(=O)NCC2COCCO2)c1. The van der Waals surface area contributed by atoms with Crippen molar-refractivity contribution in [1.82, 2.24) is 5.32 Å². The summed E-state index contributed by atoms with van der Waals surface area (Å²) < 4.78 is 15.8. The van der Waals surface area contributed by atoms with Crippen LogP contribution in [-0.2, 0) is 9.47 Å². The number of rotatable bonds is 4. The van der Waals surface area contributed by atoms with Crippen LogP contribution in [0.15, 0.2) is 18.2 Å². The van der Waals surface area contributed by atoms with E-state index in [1.54, 1.807) is 18.2 Å². The Balaban J connectivity index is 1.93. The first-order valence-corrected chi connectivity index (χ1v) is 6.11. The molecule has 1 aromatic rings. The first-order valence-electron chi connectivity index (χ1n) is 6.11. The quantitative estimate of drug-likeness (QED) is 0.772. The molecule has 19 heavy (non-hydrogen) atoms. The maximum Gasteiger partial charge on any atom is 0.251 e. The standard InChI is InChI=1S/C13H18N2O4/c1-17-11-5-9(4-10(14)6-11)13(16)15-7-12-8-18-2-3-19-12/h4-6,12H,2-3,7-8,14H2,1H3,(H,15,16). The summed E-state index contributed by atoms with van der Waals surface area (Å²) >= 11 is 0. The Morgan fingerprint density at radius 2 is 2.32 bits per heavy atom. The van der Waals surface area contributed by atoms with Crippen LogP contribution >= 0.6 is 0 Å². The number of nitrogens with two attached hydrogens (primary N) is 1. The molecule has 1 aliphatic rings. The molecule has 1 aromatic carbocycles. The van der Waals surface area contributed by atoms with Crippen molar-refractivity contribution in [2.75, 3.05) is 39.2 Å².